The Morgan fingerprint density at radius 3 is 2.80 bits per heavy atom. The Bertz CT molecular complexity index is 350. The van der Waals surface area contributed by atoms with E-state index >= 15 is 0 Å². The van der Waals surface area contributed by atoms with Crippen molar-refractivity contribution in [3.63, 3.8) is 0 Å². The molecule has 0 fully saturated rings. The van der Waals surface area contributed by atoms with Gasteiger partial charge in [-0.25, -0.2) is 4.79 Å². The van der Waals surface area contributed by atoms with E-state index in [2.05, 4.69) is 6.07 Å². The minimum absolute atomic E-state index is 0.373. The fourth-order valence-corrected chi connectivity index (χ4v) is 0.939. The van der Waals surface area contributed by atoms with Crippen LogP contribution in [0.25, 0.3) is 0 Å². The van der Waals surface area contributed by atoms with Crippen LogP contribution in [0, 0.1) is 6.07 Å². The number of hydrogen-bond acceptors (Lipinski definition) is 2. The van der Waals surface area contributed by atoms with Gasteiger partial charge in [-0.15, -0.1) is 0 Å². The summed E-state index contributed by atoms with van der Waals surface area (Å²) in [6, 6.07) is 9.62. The van der Waals surface area contributed by atoms with E-state index in [0.717, 1.165) is 6.42 Å². The Balaban J connectivity index is 2.43. The van der Waals surface area contributed by atoms with Crippen LogP contribution in [0.2, 0.25) is 0 Å². The number of hydrogen-bond donors (Lipinski definition) is 0. The van der Waals surface area contributed by atoms with E-state index in [1.165, 1.54) is 6.08 Å². The lowest BCUT2D eigenvalue weighted by atomic mass is 10.3. The van der Waals surface area contributed by atoms with Gasteiger partial charge in [0.15, 0.2) is 0 Å². The maximum absolute atomic E-state index is 11.2. The zero-order valence-electron chi connectivity index (χ0n) is 8.64. The van der Waals surface area contributed by atoms with Gasteiger partial charge in [0.25, 0.3) is 0 Å². The predicted octanol–water partition coefficient (Wildman–Crippen LogP) is 2.91. The zero-order valence-corrected chi connectivity index (χ0v) is 8.64. The summed E-state index contributed by atoms with van der Waals surface area (Å²) in [5.74, 6) is 0.157. The maximum atomic E-state index is 11.2. The molecular formula is C13H13O2. The Hall–Kier alpha value is -1.83. The number of ether oxygens (including phenoxy) is 1. The van der Waals surface area contributed by atoms with Crippen LogP contribution >= 0.6 is 0 Å². The molecular weight excluding hydrogens is 188 g/mol. The van der Waals surface area contributed by atoms with Crippen molar-refractivity contribution in [1.29, 1.82) is 0 Å². The second kappa shape index (κ2) is 6.60. The predicted molar refractivity (Wildman–Crippen MR) is 59.5 cm³/mol. The molecule has 2 heteroatoms. The lowest BCUT2D eigenvalue weighted by Crippen LogP contribution is -2.03. The summed E-state index contributed by atoms with van der Waals surface area (Å²) in [6.45, 7) is 2.03. The van der Waals surface area contributed by atoms with E-state index in [-0.39, 0.29) is 5.97 Å². The molecule has 0 aliphatic rings. The highest BCUT2D eigenvalue weighted by Gasteiger charge is 1.97. The van der Waals surface area contributed by atoms with Crippen LogP contribution in [0.5, 0.6) is 5.75 Å². The van der Waals surface area contributed by atoms with Crippen molar-refractivity contribution in [1.82, 2.24) is 0 Å². The Kier molecular flexibility index (Phi) is 4.95. The van der Waals surface area contributed by atoms with Crippen molar-refractivity contribution >= 4 is 5.97 Å². The largest absolute Gasteiger partial charge is 0.423 e. The topological polar surface area (TPSA) is 26.3 Å². The van der Waals surface area contributed by atoms with E-state index in [1.807, 2.05) is 19.1 Å². The average Bonchev–Trinajstić information content (AvgIpc) is 2.26. The third-order valence-electron chi connectivity index (χ3n) is 1.62. The maximum Gasteiger partial charge on any atom is 0.336 e. The van der Waals surface area contributed by atoms with Gasteiger partial charge in [0, 0.05) is 6.08 Å². The van der Waals surface area contributed by atoms with Gasteiger partial charge in [-0.3, -0.25) is 0 Å². The van der Waals surface area contributed by atoms with Crippen LogP contribution in [0.3, 0.4) is 0 Å². The minimum Gasteiger partial charge on any atom is -0.423 e. The van der Waals surface area contributed by atoms with Gasteiger partial charge in [-0.1, -0.05) is 37.3 Å². The second-order valence-corrected chi connectivity index (χ2v) is 2.85. The number of allylic oxidation sites excluding steroid dienone is 3. The molecule has 15 heavy (non-hydrogen) atoms. The Morgan fingerprint density at radius 2 is 2.13 bits per heavy atom. The van der Waals surface area contributed by atoms with Gasteiger partial charge in [-0.2, -0.15) is 0 Å². The second-order valence-electron chi connectivity index (χ2n) is 2.85. The van der Waals surface area contributed by atoms with Crippen molar-refractivity contribution in [2.24, 2.45) is 0 Å². The molecule has 1 aromatic rings. The molecule has 0 heterocycles. The van der Waals surface area contributed by atoms with E-state index in [1.54, 1.807) is 30.3 Å². The Morgan fingerprint density at radius 1 is 1.40 bits per heavy atom. The molecule has 0 aliphatic carbocycles. The molecule has 0 saturated carbocycles. The normalized spacial score (nSPS) is 11.0. The van der Waals surface area contributed by atoms with Gasteiger partial charge in [0.05, 0.1) is 0 Å². The highest BCUT2D eigenvalue weighted by atomic mass is 16.5. The molecule has 0 atom stereocenters. The fourth-order valence-electron chi connectivity index (χ4n) is 0.939. The fraction of sp³-hybridized carbons (Fsp3) is 0.154. The van der Waals surface area contributed by atoms with Crippen molar-refractivity contribution in [3.8, 4) is 5.75 Å². The number of esters is 1. The van der Waals surface area contributed by atoms with Gasteiger partial charge >= 0.3 is 5.97 Å². The average molecular weight is 201 g/mol. The van der Waals surface area contributed by atoms with Crippen molar-refractivity contribution < 1.29 is 9.53 Å². The van der Waals surface area contributed by atoms with Gasteiger partial charge in [0.1, 0.15) is 5.75 Å². The molecule has 1 radical (unpaired) electrons. The van der Waals surface area contributed by atoms with Crippen LogP contribution in [0.15, 0.2) is 48.6 Å². The Labute approximate surface area is 89.9 Å². The first-order valence-electron chi connectivity index (χ1n) is 4.84. The summed E-state index contributed by atoms with van der Waals surface area (Å²) in [7, 11) is 0. The van der Waals surface area contributed by atoms with Crippen LogP contribution in [-0.4, -0.2) is 5.97 Å². The minimum atomic E-state index is -0.373. The van der Waals surface area contributed by atoms with Crippen molar-refractivity contribution in [3.05, 3.63) is 54.6 Å². The molecule has 0 N–H and O–H groups in total. The highest BCUT2D eigenvalue weighted by molar-refractivity contribution is 5.84. The third kappa shape index (κ3) is 4.81. The number of carbonyl (C=O) groups is 1. The van der Waals surface area contributed by atoms with Crippen LogP contribution < -0.4 is 4.74 Å². The summed E-state index contributed by atoms with van der Waals surface area (Å²) in [6.07, 6.45) is 7.79. The van der Waals surface area contributed by atoms with Gasteiger partial charge in [-0.05, 0) is 24.6 Å². The summed E-state index contributed by atoms with van der Waals surface area (Å²) in [4.78, 5) is 11.2. The molecule has 0 bridgehead atoms. The van der Waals surface area contributed by atoms with Crippen LogP contribution in [-0.2, 0) is 4.79 Å². The van der Waals surface area contributed by atoms with E-state index in [4.69, 9.17) is 4.74 Å². The molecule has 2 nitrogen and oxygen atoms in total. The summed E-state index contributed by atoms with van der Waals surface area (Å²) in [5, 5.41) is 0. The lowest BCUT2D eigenvalue weighted by molar-refractivity contribution is -0.128. The molecule has 0 unspecified atom stereocenters. The monoisotopic (exact) mass is 201 g/mol. The van der Waals surface area contributed by atoms with E-state index in [9.17, 15) is 4.79 Å². The molecule has 0 aromatic heterocycles. The first-order chi connectivity index (χ1) is 7.33. The standard InChI is InChI=1S/C13H13O2/c1-2-3-4-8-11-13(14)15-12-9-6-5-7-10-12/h3-4,6-11H,2H2,1H3/b4-3+,11-8+. The highest BCUT2D eigenvalue weighted by Crippen LogP contribution is 2.08. The molecule has 0 amide bonds. The van der Waals surface area contributed by atoms with Crippen LogP contribution in [0.4, 0.5) is 0 Å². The lowest BCUT2D eigenvalue weighted by Gasteiger charge is -1.98. The first-order valence-corrected chi connectivity index (χ1v) is 4.84. The van der Waals surface area contributed by atoms with E-state index < -0.39 is 0 Å². The number of rotatable bonds is 4. The molecule has 1 rings (SSSR count). The smallest absolute Gasteiger partial charge is 0.336 e. The number of benzene rings is 1. The molecule has 0 aliphatic heterocycles. The molecule has 0 spiro atoms. The quantitative estimate of drug-likeness (QED) is 0.324. The molecule has 0 saturated heterocycles. The van der Waals surface area contributed by atoms with Gasteiger partial charge < -0.3 is 4.74 Å². The third-order valence-corrected chi connectivity index (χ3v) is 1.62. The molecule has 77 valence electrons. The summed E-state index contributed by atoms with van der Waals surface area (Å²) >= 11 is 0. The summed E-state index contributed by atoms with van der Waals surface area (Å²) in [5.41, 5.74) is 0. The van der Waals surface area contributed by atoms with E-state index in [0.29, 0.717) is 5.75 Å². The SMILES string of the molecule is CC/C=C/C=C/C(=O)Oc1cc[c]cc1. The van der Waals surface area contributed by atoms with Crippen molar-refractivity contribution in [2.45, 2.75) is 13.3 Å². The van der Waals surface area contributed by atoms with Gasteiger partial charge in [0.2, 0.25) is 0 Å². The first kappa shape index (κ1) is 11.2. The zero-order chi connectivity index (χ0) is 10.9. The molecule has 1 aromatic carbocycles. The van der Waals surface area contributed by atoms with Crippen molar-refractivity contribution in [2.75, 3.05) is 0 Å². The summed E-state index contributed by atoms with van der Waals surface area (Å²) < 4.78 is 5.01. The van der Waals surface area contributed by atoms with Crippen LogP contribution in [0.1, 0.15) is 13.3 Å². The number of carbonyl (C=O) groups excluding carboxylic acids is 1.